The fourth-order valence-corrected chi connectivity index (χ4v) is 1.73. The number of aryl methyl sites for hydroxylation is 1. The third kappa shape index (κ3) is 4.23. The lowest BCUT2D eigenvalue weighted by molar-refractivity contribution is 0.548. The van der Waals surface area contributed by atoms with Gasteiger partial charge in [0.2, 0.25) is 0 Å². The molecule has 16 heavy (non-hydrogen) atoms. The monoisotopic (exact) mass is 220 g/mol. The van der Waals surface area contributed by atoms with Gasteiger partial charge in [0, 0.05) is 12.2 Å². The molecule has 0 aliphatic carbocycles. The molecule has 0 heterocycles. The Balaban J connectivity index is 2.42. The van der Waals surface area contributed by atoms with E-state index in [0.29, 0.717) is 5.92 Å². The molecule has 0 amide bonds. The number of nitrogens with one attached hydrogen (secondary N) is 1. The summed E-state index contributed by atoms with van der Waals surface area (Å²) in [6, 6.07) is 8.73. The van der Waals surface area contributed by atoms with Gasteiger partial charge >= 0.3 is 0 Å². The summed E-state index contributed by atoms with van der Waals surface area (Å²) >= 11 is 0. The van der Waals surface area contributed by atoms with Gasteiger partial charge in [-0.15, -0.1) is 0 Å². The van der Waals surface area contributed by atoms with Crippen LogP contribution in [-0.4, -0.2) is 13.1 Å². The highest BCUT2D eigenvalue weighted by molar-refractivity contribution is 5.44. The molecule has 3 N–H and O–H groups in total. The van der Waals surface area contributed by atoms with Crippen molar-refractivity contribution in [1.82, 2.24) is 0 Å². The summed E-state index contributed by atoms with van der Waals surface area (Å²) in [5.41, 5.74) is 8.29. The molecule has 0 saturated carbocycles. The van der Waals surface area contributed by atoms with Crippen LogP contribution < -0.4 is 11.1 Å². The largest absolute Gasteiger partial charge is 0.385 e. The maximum atomic E-state index is 5.67. The highest BCUT2D eigenvalue weighted by atomic mass is 14.9. The van der Waals surface area contributed by atoms with Gasteiger partial charge in [-0.05, 0) is 36.6 Å². The van der Waals surface area contributed by atoms with Crippen LogP contribution in [0.15, 0.2) is 24.3 Å². The summed E-state index contributed by atoms with van der Waals surface area (Å²) in [6.45, 7) is 6.13. The van der Waals surface area contributed by atoms with E-state index in [1.54, 1.807) is 0 Å². The first-order chi connectivity index (χ1) is 7.80. The average molecular weight is 220 g/mol. The van der Waals surface area contributed by atoms with Crippen LogP contribution in [0.4, 0.5) is 5.69 Å². The highest BCUT2D eigenvalue weighted by Crippen LogP contribution is 2.12. The van der Waals surface area contributed by atoms with Gasteiger partial charge < -0.3 is 11.1 Å². The normalized spacial score (nSPS) is 12.4. The second-order valence-corrected chi connectivity index (χ2v) is 4.34. The van der Waals surface area contributed by atoms with Gasteiger partial charge in [-0.25, -0.2) is 0 Å². The van der Waals surface area contributed by atoms with Gasteiger partial charge in [-0.1, -0.05) is 38.8 Å². The molecule has 0 radical (unpaired) electrons. The van der Waals surface area contributed by atoms with E-state index in [0.717, 1.165) is 19.5 Å². The van der Waals surface area contributed by atoms with Crippen molar-refractivity contribution in [3.63, 3.8) is 0 Å². The van der Waals surface area contributed by atoms with E-state index < -0.39 is 0 Å². The fourth-order valence-electron chi connectivity index (χ4n) is 1.73. The summed E-state index contributed by atoms with van der Waals surface area (Å²) in [5, 5.41) is 3.44. The van der Waals surface area contributed by atoms with Crippen molar-refractivity contribution in [1.29, 1.82) is 0 Å². The number of hydrogen-bond donors (Lipinski definition) is 2. The minimum Gasteiger partial charge on any atom is -0.385 e. The Morgan fingerprint density at radius 2 is 1.88 bits per heavy atom. The maximum Gasteiger partial charge on any atom is 0.0340 e. The van der Waals surface area contributed by atoms with Crippen LogP contribution in [-0.2, 0) is 6.42 Å². The van der Waals surface area contributed by atoms with E-state index in [4.69, 9.17) is 5.73 Å². The first-order valence-electron chi connectivity index (χ1n) is 6.33. The molecule has 0 fully saturated rings. The molecule has 0 aromatic heterocycles. The van der Waals surface area contributed by atoms with Gasteiger partial charge in [0.05, 0.1) is 0 Å². The zero-order valence-corrected chi connectivity index (χ0v) is 10.5. The predicted octanol–water partition coefficient (Wildman–Crippen LogP) is 3.04. The summed E-state index contributed by atoms with van der Waals surface area (Å²) in [6.07, 6.45) is 3.51. The number of hydrogen-bond acceptors (Lipinski definition) is 2. The van der Waals surface area contributed by atoms with Gasteiger partial charge in [-0.3, -0.25) is 0 Å². The number of rotatable bonds is 7. The maximum absolute atomic E-state index is 5.67. The Morgan fingerprint density at radius 3 is 2.38 bits per heavy atom. The third-order valence-corrected chi connectivity index (χ3v) is 3.00. The van der Waals surface area contributed by atoms with Crippen LogP contribution >= 0.6 is 0 Å². The quantitative estimate of drug-likeness (QED) is 0.741. The Labute approximate surface area is 99.2 Å². The Hall–Kier alpha value is -1.02. The van der Waals surface area contributed by atoms with Gasteiger partial charge in [0.15, 0.2) is 0 Å². The molecule has 0 bridgehead atoms. The molecule has 1 unspecified atom stereocenters. The van der Waals surface area contributed by atoms with E-state index in [-0.39, 0.29) is 0 Å². The zero-order valence-electron chi connectivity index (χ0n) is 10.5. The molecule has 1 rings (SSSR count). The van der Waals surface area contributed by atoms with Crippen molar-refractivity contribution in [3.05, 3.63) is 29.8 Å². The number of anilines is 1. The summed E-state index contributed by atoms with van der Waals surface area (Å²) in [5.74, 6) is 0.579. The van der Waals surface area contributed by atoms with Gasteiger partial charge in [0.1, 0.15) is 0 Å². The molecule has 0 saturated heterocycles. The molecule has 0 aliphatic heterocycles. The highest BCUT2D eigenvalue weighted by Gasteiger charge is 2.02. The van der Waals surface area contributed by atoms with Crippen LogP contribution in [0.2, 0.25) is 0 Å². The van der Waals surface area contributed by atoms with Crippen LogP contribution in [0.25, 0.3) is 0 Å². The molecule has 90 valence electrons. The lowest BCUT2D eigenvalue weighted by Crippen LogP contribution is -2.21. The van der Waals surface area contributed by atoms with E-state index in [1.165, 1.54) is 24.1 Å². The first kappa shape index (κ1) is 13.0. The Bertz CT molecular complexity index is 275. The lowest BCUT2D eigenvalue weighted by atomic mass is 10.1. The summed E-state index contributed by atoms with van der Waals surface area (Å²) < 4.78 is 0. The van der Waals surface area contributed by atoms with E-state index in [9.17, 15) is 0 Å². The molecule has 1 atom stereocenters. The van der Waals surface area contributed by atoms with Crippen molar-refractivity contribution in [2.24, 2.45) is 11.7 Å². The molecular formula is C14H24N2. The van der Waals surface area contributed by atoms with Gasteiger partial charge in [0.25, 0.3) is 0 Å². The van der Waals surface area contributed by atoms with E-state index in [1.807, 2.05) is 0 Å². The Morgan fingerprint density at radius 1 is 1.19 bits per heavy atom. The minimum absolute atomic E-state index is 0.579. The lowest BCUT2D eigenvalue weighted by Gasteiger charge is -2.14. The predicted molar refractivity (Wildman–Crippen MR) is 71.8 cm³/mol. The minimum atomic E-state index is 0.579. The third-order valence-electron chi connectivity index (χ3n) is 3.00. The van der Waals surface area contributed by atoms with Crippen molar-refractivity contribution < 1.29 is 0 Å². The molecule has 1 aromatic carbocycles. The standard InChI is InChI=1S/C14H24N2/c1-3-5-13-6-8-14(9-7-13)16-11-12(4-2)10-15/h6-9,12,16H,3-5,10-11,15H2,1-2H3. The second kappa shape index (κ2) is 7.29. The SMILES string of the molecule is CCCc1ccc(NCC(CC)CN)cc1. The van der Waals surface area contributed by atoms with Crippen LogP contribution in [0.1, 0.15) is 32.3 Å². The van der Waals surface area contributed by atoms with Crippen molar-refractivity contribution in [3.8, 4) is 0 Å². The molecular weight excluding hydrogens is 196 g/mol. The zero-order chi connectivity index (χ0) is 11.8. The van der Waals surface area contributed by atoms with Crippen LogP contribution in [0.5, 0.6) is 0 Å². The molecule has 2 heteroatoms. The number of nitrogens with two attached hydrogens (primary N) is 1. The van der Waals surface area contributed by atoms with E-state index in [2.05, 4.69) is 43.4 Å². The van der Waals surface area contributed by atoms with Crippen LogP contribution in [0.3, 0.4) is 0 Å². The van der Waals surface area contributed by atoms with Crippen molar-refractivity contribution >= 4 is 5.69 Å². The molecule has 1 aromatic rings. The molecule has 0 spiro atoms. The molecule has 0 aliphatic rings. The number of benzene rings is 1. The summed E-state index contributed by atoms with van der Waals surface area (Å²) in [7, 11) is 0. The topological polar surface area (TPSA) is 38.0 Å². The smallest absolute Gasteiger partial charge is 0.0340 e. The first-order valence-corrected chi connectivity index (χ1v) is 6.33. The average Bonchev–Trinajstić information content (AvgIpc) is 2.33. The van der Waals surface area contributed by atoms with E-state index >= 15 is 0 Å². The van der Waals surface area contributed by atoms with Crippen molar-refractivity contribution in [2.75, 3.05) is 18.4 Å². The Kier molecular flexibility index (Phi) is 5.94. The second-order valence-electron chi connectivity index (χ2n) is 4.34. The van der Waals surface area contributed by atoms with Crippen molar-refractivity contribution in [2.45, 2.75) is 33.1 Å². The van der Waals surface area contributed by atoms with Crippen LogP contribution in [0, 0.1) is 5.92 Å². The molecule has 2 nitrogen and oxygen atoms in total. The summed E-state index contributed by atoms with van der Waals surface area (Å²) in [4.78, 5) is 0. The fraction of sp³-hybridized carbons (Fsp3) is 0.571. The van der Waals surface area contributed by atoms with Gasteiger partial charge in [-0.2, -0.15) is 0 Å².